The van der Waals surface area contributed by atoms with Crippen molar-refractivity contribution in [3.63, 3.8) is 0 Å². The molecule has 1 aliphatic heterocycles. The van der Waals surface area contributed by atoms with Crippen LogP contribution in [0.25, 0.3) is 0 Å². The van der Waals surface area contributed by atoms with E-state index in [1.165, 1.54) is 0 Å². The third-order valence-electron chi connectivity index (χ3n) is 4.00. The minimum absolute atomic E-state index is 0.293. The number of nitrogens with one attached hydrogen (secondary N) is 2. The predicted octanol–water partition coefficient (Wildman–Crippen LogP) is 2.52. The minimum Gasteiger partial charge on any atom is -0.316 e. The van der Waals surface area contributed by atoms with Crippen LogP contribution in [0.2, 0.25) is 0 Å². The van der Waals surface area contributed by atoms with E-state index in [0.717, 1.165) is 0 Å². The molecule has 1 aromatic carbocycles. The molecule has 3 amide bonds. The number of aryl methyl sites for hydroxylation is 2. The molecule has 1 fully saturated rings. The largest absolute Gasteiger partial charge is 0.440 e. The Morgan fingerprint density at radius 2 is 1.70 bits per heavy atom. The van der Waals surface area contributed by atoms with Crippen LogP contribution in [0.15, 0.2) is 36.4 Å². The average molecular weight is 379 g/mol. The number of alkyl halides is 3. The van der Waals surface area contributed by atoms with E-state index in [0.29, 0.717) is 21.9 Å². The van der Waals surface area contributed by atoms with E-state index in [2.05, 4.69) is 9.97 Å². The summed E-state index contributed by atoms with van der Waals surface area (Å²) in [4.78, 5) is 33.1. The highest BCUT2D eigenvalue weighted by Crippen LogP contribution is 2.36. The summed E-state index contributed by atoms with van der Waals surface area (Å²) in [6.45, 7) is 2.87. The van der Waals surface area contributed by atoms with Gasteiger partial charge in [0.05, 0.1) is 6.54 Å². The van der Waals surface area contributed by atoms with Gasteiger partial charge < -0.3 is 5.32 Å². The Kier molecular flexibility index (Phi) is 4.50. The lowest BCUT2D eigenvalue weighted by atomic mass is 10.1. The lowest BCUT2D eigenvalue weighted by molar-refractivity contribution is -0.188. The van der Waals surface area contributed by atoms with E-state index in [4.69, 9.17) is 0 Å². The van der Waals surface area contributed by atoms with E-state index in [9.17, 15) is 22.8 Å². The second-order valence-corrected chi connectivity index (χ2v) is 6.15. The van der Waals surface area contributed by atoms with Gasteiger partial charge in [-0.1, -0.05) is 30.3 Å². The Morgan fingerprint density at radius 3 is 2.26 bits per heavy atom. The van der Waals surface area contributed by atoms with Gasteiger partial charge in [-0.25, -0.2) is 14.8 Å². The van der Waals surface area contributed by atoms with Crippen molar-refractivity contribution in [2.45, 2.75) is 32.2 Å². The highest BCUT2D eigenvalue weighted by molar-refractivity contribution is 6.08. The van der Waals surface area contributed by atoms with Crippen LogP contribution in [0.5, 0.6) is 0 Å². The molecule has 10 heteroatoms. The van der Waals surface area contributed by atoms with Gasteiger partial charge in [0.2, 0.25) is 5.95 Å². The van der Waals surface area contributed by atoms with Gasteiger partial charge in [-0.05, 0) is 25.5 Å². The van der Waals surface area contributed by atoms with E-state index < -0.39 is 29.7 Å². The summed E-state index contributed by atoms with van der Waals surface area (Å²) in [5.74, 6) is -1.87. The van der Waals surface area contributed by atoms with Crippen LogP contribution in [0.3, 0.4) is 0 Å². The lowest BCUT2D eigenvalue weighted by Gasteiger charge is -2.30. The van der Waals surface area contributed by atoms with Crippen LogP contribution in [-0.2, 0) is 11.3 Å². The zero-order valence-electron chi connectivity index (χ0n) is 14.5. The molecule has 27 heavy (non-hydrogen) atoms. The first kappa shape index (κ1) is 18.6. The van der Waals surface area contributed by atoms with Crippen molar-refractivity contribution in [2.75, 3.05) is 5.32 Å². The monoisotopic (exact) mass is 379 g/mol. The first-order valence-electron chi connectivity index (χ1n) is 7.97. The normalized spacial score (nSPS) is 20.0. The second-order valence-electron chi connectivity index (χ2n) is 6.15. The molecule has 2 N–H and O–H groups in total. The number of benzene rings is 1. The summed E-state index contributed by atoms with van der Waals surface area (Å²) in [5.41, 5.74) is -1.99. The van der Waals surface area contributed by atoms with Crippen LogP contribution < -0.4 is 10.6 Å². The molecule has 0 radical (unpaired) electrons. The summed E-state index contributed by atoms with van der Waals surface area (Å²) in [6.07, 6.45) is -5.12. The van der Waals surface area contributed by atoms with Crippen LogP contribution in [0, 0.1) is 13.8 Å². The summed E-state index contributed by atoms with van der Waals surface area (Å²) >= 11 is 0. The molecule has 7 nitrogen and oxygen atoms in total. The number of rotatable bonds is 4. The maximum absolute atomic E-state index is 13.9. The van der Waals surface area contributed by atoms with Crippen molar-refractivity contribution in [1.29, 1.82) is 0 Å². The third kappa shape index (κ3) is 3.42. The number of anilines is 1. The molecule has 142 valence electrons. The molecule has 1 saturated heterocycles. The van der Waals surface area contributed by atoms with Crippen LogP contribution in [0.4, 0.5) is 23.9 Å². The Bertz CT molecular complexity index is 868. The van der Waals surface area contributed by atoms with Gasteiger partial charge in [0.15, 0.2) is 0 Å². The van der Waals surface area contributed by atoms with Crippen LogP contribution in [0.1, 0.15) is 17.0 Å². The van der Waals surface area contributed by atoms with Crippen LogP contribution in [-0.4, -0.2) is 38.6 Å². The quantitative estimate of drug-likeness (QED) is 0.797. The topological polar surface area (TPSA) is 87.2 Å². The molecule has 0 saturated carbocycles. The van der Waals surface area contributed by atoms with Gasteiger partial charge in [-0.15, -0.1) is 0 Å². The average Bonchev–Trinajstić information content (AvgIpc) is 2.80. The molecular formula is C17H16F3N5O2. The highest BCUT2D eigenvalue weighted by Gasteiger charge is 2.68. The smallest absolute Gasteiger partial charge is 0.316 e. The van der Waals surface area contributed by atoms with Gasteiger partial charge in [0.25, 0.3) is 11.6 Å². The Morgan fingerprint density at radius 1 is 1.11 bits per heavy atom. The molecule has 1 aromatic heterocycles. The van der Waals surface area contributed by atoms with Gasteiger partial charge >= 0.3 is 12.2 Å². The fourth-order valence-corrected chi connectivity index (χ4v) is 2.78. The Balaban J connectivity index is 1.97. The molecule has 0 bridgehead atoms. The zero-order chi connectivity index (χ0) is 19.8. The molecule has 1 atom stereocenters. The van der Waals surface area contributed by atoms with Gasteiger partial charge in [0, 0.05) is 11.4 Å². The number of carbonyl (C=O) groups excluding carboxylic acids is 2. The summed E-state index contributed by atoms with van der Waals surface area (Å²) < 4.78 is 41.6. The molecular weight excluding hydrogens is 363 g/mol. The number of halogens is 3. The van der Waals surface area contributed by atoms with E-state index in [1.54, 1.807) is 55.6 Å². The second kappa shape index (κ2) is 6.53. The van der Waals surface area contributed by atoms with E-state index >= 15 is 0 Å². The summed E-state index contributed by atoms with van der Waals surface area (Å²) in [6, 6.07) is 8.66. The number of amides is 3. The van der Waals surface area contributed by atoms with Crippen molar-refractivity contribution < 1.29 is 22.8 Å². The molecule has 1 aliphatic rings. The first-order chi connectivity index (χ1) is 12.6. The van der Waals surface area contributed by atoms with Crippen molar-refractivity contribution in [1.82, 2.24) is 20.2 Å². The van der Waals surface area contributed by atoms with Crippen molar-refractivity contribution in [3.8, 4) is 0 Å². The van der Waals surface area contributed by atoms with Crippen LogP contribution >= 0.6 is 0 Å². The number of hydrogen-bond acceptors (Lipinski definition) is 5. The van der Waals surface area contributed by atoms with Crippen molar-refractivity contribution in [2.24, 2.45) is 0 Å². The lowest BCUT2D eigenvalue weighted by Crippen LogP contribution is -2.64. The molecule has 0 spiro atoms. The predicted molar refractivity (Wildman–Crippen MR) is 89.4 cm³/mol. The number of carbonyl (C=O) groups is 2. The highest BCUT2D eigenvalue weighted by atomic mass is 19.4. The third-order valence-corrected chi connectivity index (χ3v) is 4.00. The Labute approximate surface area is 152 Å². The maximum Gasteiger partial charge on any atom is 0.440 e. The number of urea groups is 1. The minimum atomic E-state index is -5.12. The SMILES string of the molecule is Cc1cc(C)nc(N[C@]2(C(F)(F)F)NC(=O)N(Cc3ccccc3)C2=O)n1. The molecule has 3 rings (SSSR count). The zero-order valence-corrected chi connectivity index (χ0v) is 14.5. The number of aromatic nitrogens is 2. The van der Waals surface area contributed by atoms with Gasteiger partial charge in [-0.3, -0.25) is 15.0 Å². The molecule has 2 heterocycles. The van der Waals surface area contributed by atoms with Crippen molar-refractivity contribution >= 4 is 17.9 Å². The molecule has 0 unspecified atom stereocenters. The number of imide groups is 1. The fraction of sp³-hybridized carbons (Fsp3) is 0.294. The van der Waals surface area contributed by atoms with Crippen molar-refractivity contribution in [3.05, 3.63) is 53.3 Å². The molecule has 0 aliphatic carbocycles. The van der Waals surface area contributed by atoms with Gasteiger partial charge in [0.1, 0.15) is 0 Å². The maximum atomic E-state index is 13.9. The Hall–Kier alpha value is -3.17. The summed E-state index contributed by atoms with van der Waals surface area (Å²) in [7, 11) is 0. The van der Waals surface area contributed by atoms with E-state index in [1.807, 2.05) is 5.32 Å². The fourth-order valence-electron chi connectivity index (χ4n) is 2.78. The molecule has 2 aromatic rings. The van der Waals surface area contributed by atoms with E-state index in [-0.39, 0.29) is 6.54 Å². The summed E-state index contributed by atoms with van der Waals surface area (Å²) in [5, 5.41) is 3.74. The van der Waals surface area contributed by atoms with Gasteiger partial charge in [-0.2, -0.15) is 13.2 Å². The first-order valence-corrected chi connectivity index (χ1v) is 7.97. The standard InChI is InChI=1S/C17H16F3N5O2/c1-10-8-11(2)22-14(21-10)23-16(17(18,19)20)13(26)25(15(27)24-16)9-12-6-4-3-5-7-12/h3-8H,9H2,1-2H3,(H,24,27)(H,21,22,23)/t16-/m0/s1. The number of nitrogens with zero attached hydrogens (tertiary/aromatic N) is 3. The number of hydrogen-bond donors (Lipinski definition) is 2.